The summed E-state index contributed by atoms with van der Waals surface area (Å²) in [5.74, 6) is 0.544. The zero-order chi connectivity index (χ0) is 8.15. The van der Waals surface area contributed by atoms with E-state index in [0.717, 1.165) is 12.1 Å². The van der Waals surface area contributed by atoms with Gasteiger partial charge in [-0.15, -0.1) is 0 Å². The van der Waals surface area contributed by atoms with Gasteiger partial charge in [-0.1, -0.05) is 18.6 Å². The van der Waals surface area contributed by atoms with Crippen LogP contribution in [0.5, 0.6) is 0 Å². The topological polar surface area (TPSA) is 23.9 Å². The molecular weight excluding hydrogens is 122 g/mol. The highest BCUT2D eigenvalue weighted by atomic mass is 14.4. The van der Waals surface area contributed by atoms with Gasteiger partial charge in [-0.25, -0.2) is 0 Å². The molecule has 1 unspecified atom stereocenters. The van der Waals surface area contributed by atoms with Gasteiger partial charge in [-0.3, -0.25) is 0 Å². The van der Waals surface area contributed by atoms with Crippen molar-refractivity contribution in [3.8, 4) is 0 Å². The standard InChI is InChI=1S/C9H17N/c1-5-7(2)8(3)6-9(4)10/h5,8,10H,6H2,1-4H3. The zero-order valence-corrected chi connectivity index (χ0v) is 7.36. The third-order valence-electron chi connectivity index (χ3n) is 1.85. The van der Waals surface area contributed by atoms with Crippen LogP contribution in [-0.4, -0.2) is 5.71 Å². The van der Waals surface area contributed by atoms with Crippen LogP contribution in [0.3, 0.4) is 0 Å². The largest absolute Gasteiger partial charge is 0.310 e. The average Bonchev–Trinajstić information content (AvgIpc) is 1.85. The van der Waals surface area contributed by atoms with E-state index in [-0.39, 0.29) is 0 Å². The Morgan fingerprint density at radius 1 is 1.50 bits per heavy atom. The predicted molar refractivity (Wildman–Crippen MR) is 46.6 cm³/mol. The minimum atomic E-state index is 0.544. The van der Waals surface area contributed by atoms with Crippen molar-refractivity contribution >= 4 is 5.71 Å². The summed E-state index contributed by atoms with van der Waals surface area (Å²) in [7, 11) is 0. The maximum Gasteiger partial charge on any atom is 0.00640 e. The van der Waals surface area contributed by atoms with E-state index in [9.17, 15) is 0 Å². The van der Waals surface area contributed by atoms with Gasteiger partial charge in [0, 0.05) is 5.71 Å². The molecule has 0 aromatic heterocycles. The second kappa shape index (κ2) is 4.26. The van der Waals surface area contributed by atoms with Crippen LogP contribution in [0.25, 0.3) is 0 Å². The van der Waals surface area contributed by atoms with Crippen LogP contribution in [-0.2, 0) is 0 Å². The molecule has 0 fully saturated rings. The maximum atomic E-state index is 7.27. The number of hydrogen-bond donors (Lipinski definition) is 1. The summed E-state index contributed by atoms with van der Waals surface area (Å²) in [4.78, 5) is 0. The molecule has 1 nitrogen and oxygen atoms in total. The van der Waals surface area contributed by atoms with Crippen LogP contribution >= 0.6 is 0 Å². The molecule has 10 heavy (non-hydrogen) atoms. The molecule has 0 bridgehead atoms. The first-order valence-electron chi connectivity index (χ1n) is 3.74. The molecule has 0 spiro atoms. The van der Waals surface area contributed by atoms with Gasteiger partial charge >= 0.3 is 0 Å². The fourth-order valence-corrected chi connectivity index (χ4v) is 0.905. The van der Waals surface area contributed by atoms with E-state index in [2.05, 4.69) is 19.9 Å². The van der Waals surface area contributed by atoms with E-state index in [0.29, 0.717) is 5.92 Å². The SMILES string of the molecule is CC=C(C)C(C)CC(C)=N. The van der Waals surface area contributed by atoms with Crippen LogP contribution < -0.4 is 0 Å². The molecule has 1 atom stereocenters. The molecule has 0 aliphatic rings. The van der Waals surface area contributed by atoms with Gasteiger partial charge in [0.05, 0.1) is 0 Å². The molecular formula is C9H17N. The van der Waals surface area contributed by atoms with Gasteiger partial charge in [0.1, 0.15) is 0 Å². The highest BCUT2D eigenvalue weighted by molar-refractivity contribution is 5.79. The lowest BCUT2D eigenvalue weighted by atomic mass is 9.97. The second-order valence-corrected chi connectivity index (χ2v) is 2.92. The van der Waals surface area contributed by atoms with Gasteiger partial charge in [-0.05, 0) is 33.1 Å². The zero-order valence-electron chi connectivity index (χ0n) is 7.36. The minimum absolute atomic E-state index is 0.544. The van der Waals surface area contributed by atoms with Crippen molar-refractivity contribution in [1.82, 2.24) is 0 Å². The van der Waals surface area contributed by atoms with Gasteiger partial charge in [0.15, 0.2) is 0 Å². The average molecular weight is 139 g/mol. The van der Waals surface area contributed by atoms with Gasteiger partial charge in [-0.2, -0.15) is 0 Å². The number of nitrogens with one attached hydrogen (secondary N) is 1. The van der Waals surface area contributed by atoms with E-state index < -0.39 is 0 Å². The first-order valence-corrected chi connectivity index (χ1v) is 3.74. The first-order chi connectivity index (χ1) is 4.57. The molecule has 1 N–H and O–H groups in total. The number of allylic oxidation sites excluding steroid dienone is 2. The van der Waals surface area contributed by atoms with Crippen molar-refractivity contribution in [3.05, 3.63) is 11.6 Å². The molecule has 0 rings (SSSR count). The van der Waals surface area contributed by atoms with Crippen molar-refractivity contribution in [2.24, 2.45) is 5.92 Å². The molecule has 1 heteroatoms. The molecule has 0 aliphatic heterocycles. The predicted octanol–water partition coefficient (Wildman–Crippen LogP) is 3.02. The first kappa shape index (κ1) is 9.41. The monoisotopic (exact) mass is 139 g/mol. The van der Waals surface area contributed by atoms with Crippen LogP contribution in [0.4, 0.5) is 0 Å². The molecule has 0 saturated heterocycles. The Balaban J connectivity index is 3.85. The van der Waals surface area contributed by atoms with Crippen molar-refractivity contribution in [1.29, 1.82) is 5.41 Å². The Bertz CT molecular complexity index is 145. The number of hydrogen-bond acceptors (Lipinski definition) is 1. The van der Waals surface area contributed by atoms with Crippen LogP contribution in [0, 0.1) is 11.3 Å². The summed E-state index contributed by atoms with van der Waals surface area (Å²) < 4.78 is 0. The fourth-order valence-electron chi connectivity index (χ4n) is 0.905. The minimum Gasteiger partial charge on any atom is -0.310 e. The quantitative estimate of drug-likeness (QED) is 0.459. The molecule has 0 amide bonds. The van der Waals surface area contributed by atoms with E-state index in [1.165, 1.54) is 5.57 Å². The summed E-state index contributed by atoms with van der Waals surface area (Å²) in [6.07, 6.45) is 3.02. The van der Waals surface area contributed by atoms with E-state index in [1.807, 2.05) is 13.8 Å². The van der Waals surface area contributed by atoms with Gasteiger partial charge < -0.3 is 5.41 Å². The van der Waals surface area contributed by atoms with E-state index in [1.54, 1.807) is 0 Å². The smallest absolute Gasteiger partial charge is 0.00640 e. The Morgan fingerprint density at radius 2 is 2.00 bits per heavy atom. The lowest BCUT2D eigenvalue weighted by Gasteiger charge is -2.09. The fraction of sp³-hybridized carbons (Fsp3) is 0.667. The summed E-state index contributed by atoms with van der Waals surface area (Å²) in [6, 6.07) is 0. The lowest BCUT2D eigenvalue weighted by Crippen LogP contribution is -2.01. The van der Waals surface area contributed by atoms with Crippen LogP contribution in [0.2, 0.25) is 0 Å². The Hall–Kier alpha value is -0.590. The molecule has 0 saturated carbocycles. The molecule has 0 heterocycles. The maximum absolute atomic E-state index is 7.27. The van der Waals surface area contributed by atoms with Crippen molar-refractivity contribution in [3.63, 3.8) is 0 Å². The summed E-state index contributed by atoms with van der Waals surface area (Å²) in [6.45, 7) is 8.19. The van der Waals surface area contributed by atoms with Crippen LogP contribution in [0.15, 0.2) is 11.6 Å². The third kappa shape index (κ3) is 3.44. The van der Waals surface area contributed by atoms with Crippen LogP contribution in [0.1, 0.15) is 34.1 Å². The molecule has 0 aliphatic carbocycles. The Morgan fingerprint density at radius 3 is 2.30 bits per heavy atom. The van der Waals surface area contributed by atoms with Crippen molar-refractivity contribution in [2.45, 2.75) is 34.1 Å². The lowest BCUT2D eigenvalue weighted by molar-refractivity contribution is 0.710. The molecule has 0 radical (unpaired) electrons. The summed E-state index contributed by atoms with van der Waals surface area (Å²) in [5, 5.41) is 7.27. The van der Waals surface area contributed by atoms with E-state index in [4.69, 9.17) is 5.41 Å². The van der Waals surface area contributed by atoms with Crippen molar-refractivity contribution in [2.75, 3.05) is 0 Å². The third-order valence-corrected chi connectivity index (χ3v) is 1.85. The highest BCUT2D eigenvalue weighted by Gasteiger charge is 2.02. The number of rotatable bonds is 3. The molecule has 0 aromatic carbocycles. The molecule has 0 aromatic rings. The highest BCUT2D eigenvalue weighted by Crippen LogP contribution is 2.13. The normalized spacial score (nSPS) is 15.0. The Kier molecular flexibility index (Phi) is 4.01. The summed E-state index contributed by atoms with van der Waals surface area (Å²) in [5.41, 5.74) is 2.15. The van der Waals surface area contributed by atoms with Gasteiger partial charge in [0.25, 0.3) is 0 Å². The molecule has 58 valence electrons. The second-order valence-electron chi connectivity index (χ2n) is 2.92. The summed E-state index contributed by atoms with van der Waals surface area (Å²) >= 11 is 0. The Labute approximate surface area is 63.7 Å². The van der Waals surface area contributed by atoms with E-state index >= 15 is 0 Å². The van der Waals surface area contributed by atoms with Crippen molar-refractivity contribution < 1.29 is 0 Å². The van der Waals surface area contributed by atoms with Gasteiger partial charge in [0.2, 0.25) is 0 Å².